The van der Waals surface area contributed by atoms with E-state index < -0.39 is 11.8 Å². The van der Waals surface area contributed by atoms with Crippen LogP contribution in [-0.4, -0.2) is 22.7 Å². The number of carboxylic acid groups (broad SMARTS) is 1. The maximum atomic E-state index is 10.4. The molecule has 1 heterocycles. The maximum Gasteiger partial charge on any atom is 1.00 e. The van der Waals surface area contributed by atoms with Crippen LogP contribution in [0.1, 0.15) is 5.76 Å². The van der Waals surface area contributed by atoms with E-state index in [2.05, 4.69) is 0 Å². The number of carbonyl (C=O) groups excluding carboxylic acids is 2. The van der Waals surface area contributed by atoms with Crippen LogP contribution in [0.2, 0.25) is 0 Å². The minimum atomic E-state index is -1.72. The molecule has 15 heavy (non-hydrogen) atoms. The summed E-state index contributed by atoms with van der Waals surface area (Å²) in [6, 6.07) is 3.22. The molecule has 0 saturated heterocycles. The maximum absolute atomic E-state index is 10.4. The first-order chi connectivity index (χ1) is 5.70. The second kappa shape index (κ2) is 9.63. The molecule has 0 amide bonds. The van der Waals surface area contributed by atoms with Gasteiger partial charge in [0, 0.05) is 0 Å². The first kappa shape index (κ1) is 19.6. The molecular formula is C8H9NaO6. The van der Waals surface area contributed by atoms with E-state index in [1.54, 1.807) is 12.1 Å². The molecule has 0 aliphatic rings. The van der Waals surface area contributed by atoms with Gasteiger partial charge in [-0.15, -0.1) is 0 Å². The zero-order valence-electron chi connectivity index (χ0n) is 8.02. The fourth-order valence-corrected chi connectivity index (χ4v) is 0.612. The molecule has 0 aliphatic carbocycles. The van der Waals surface area contributed by atoms with E-state index in [-0.39, 0.29) is 40.5 Å². The number of furan rings is 1. The van der Waals surface area contributed by atoms with Crippen molar-refractivity contribution in [3.05, 3.63) is 30.2 Å². The van der Waals surface area contributed by atoms with Crippen LogP contribution in [-0.2, 0) is 9.59 Å². The van der Waals surface area contributed by atoms with Gasteiger partial charge in [-0.3, -0.25) is 4.79 Å². The topological polar surface area (TPSA) is 133 Å². The Kier molecular flexibility index (Phi) is 12.6. The largest absolute Gasteiger partial charge is 1.00 e. The van der Waals surface area contributed by atoms with Crippen molar-refractivity contribution in [1.29, 1.82) is 0 Å². The molecule has 0 saturated carbocycles. The average molecular weight is 224 g/mol. The van der Waals surface area contributed by atoms with Crippen molar-refractivity contribution in [3.63, 3.8) is 0 Å². The van der Waals surface area contributed by atoms with Gasteiger partial charge >= 0.3 is 29.6 Å². The molecule has 0 spiro atoms. The Bertz CT molecular complexity index is 316. The predicted molar refractivity (Wildman–Crippen MR) is 45.0 cm³/mol. The zero-order chi connectivity index (χ0) is 8.97. The van der Waals surface area contributed by atoms with E-state index >= 15 is 0 Å². The summed E-state index contributed by atoms with van der Waals surface area (Å²) < 4.78 is 4.81. The molecule has 0 aliphatic heterocycles. The molecular weight excluding hydrogens is 215 g/mol. The van der Waals surface area contributed by atoms with Gasteiger partial charge in [0.15, 0.2) is 0 Å². The molecule has 1 rings (SSSR count). The van der Waals surface area contributed by atoms with Gasteiger partial charge in [-0.05, 0) is 24.3 Å². The van der Waals surface area contributed by atoms with Gasteiger partial charge in [0.25, 0.3) is 0 Å². The van der Waals surface area contributed by atoms with E-state index in [1.807, 2.05) is 0 Å². The Labute approximate surface area is 107 Å². The van der Waals surface area contributed by atoms with Crippen LogP contribution in [0, 0.1) is 0 Å². The number of aliphatic carboxylic acids is 1. The summed E-state index contributed by atoms with van der Waals surface area (Å²) in [6.45, 7) is 0. The average Bonchev–Trinajstić information content (AvgIpc) is 2.51. The Morgan fingerprint density at radius 1 is 1.33 bits per heavy atom. The Balaban J connectivity index is -0.000000480. The molecule has 78 valence electrons. The molecule has 0 radical (unpaired) electrons. The molecule has 0 unspecified atom stereocenters. The molecule has 0 atom stereocenters. The van der Waals surface area contributed by atoms with E-state index in [1.165, 1.54) is 12.3 Å². The van der Waals surface area contributed by atoms with Gasteiger partial charge in [-0.1, -0.05) is 0 Å². The summed E-state index contributed by atoms with van der Waals surface area (Å²) in [7, 11) is 0. The van der Waals surface area contributed by atoms with E-state index in [4.69, 9.17) is 4.42 Å². The Hall–Kier alpha value is -0.920. The van der Waals surface area contributed by atoms with Crippen molar-refractivity contribution in [3.8, 4) is 0 Å². The summed E-state index contributed by atoms with van der Waals surface area (Å²) in [4.78, 5) is 20.4. The van der Waals surface area contributed by atoms with Crippen LogP contribution < -0.4 is 34.7 Å². The van der Waals surface area contributed by atoms with Crippen molar-refractivity contribution in [2.24, 2.45) is 0 Å². The summed E-state index contributed by atoms with van der Waals surface area (Å²) >= 11 is 0. The van der Waals surface area contributed by atoms with Crippen molar-refractivity contribution in [1.82, 2.24) is 0 Å². The van der Waals surface area contributed by atoms with Crippen molar-refractivity contribution < 1.29 is 59.6 Å². The number of rotatable bonds is 3. The van der Waals surface area contributed by atoms with Crippen LogP contribution in [0.4, 0.5) is 0 Å². The van der Waals surface area contributed by atoms with Gasteiger partial charge in [0.1, 0.15) is 11.7 Å². The standard InChI is InChI=1S/C8H6O4.Na.2H2O/c9-7(8(10)11)4-3-6-2-1-5-12-6;;;/h1-5H,(H,10,11);;2*1H2/q;+1;;/p-1. The summed E-state index contributed by atoms with van der Waals surface area (Å²) in [5, 5.41) is 9.92. The third-order valence-corrected chi connectivity index (χ3v) is 1.14. The molecule has 4 N–H and O–H groups in total. The van der Waals surface area contributed by atoms with Crippen molar-refractivity contribution in [2.75, 3.05) is 0 Å². The van der Waals surface area contributed by atoms with Gasteiger partial charge < -0.3 is 25.3 Å². The van der Waals surface area contributed by atoms with Gasteiger partial charge in [-0.25, -0.2) is 0 Å². The number of ketones is 1. The zero-order valence-corrected chi connectivity index (χ0v) is 10.0. The summed E-state index contributed by atoms with van der Waals surface area (Å²) in [6.07, 6.45) is 3.56. The Morgan fingerprint density at radius 2 is 1.93 bits per heavy atom. The molecule has 6 nitrogen and oxygen atoms in total. The van der Waals surface area contributed by atoms with Crippen LogP contribution >= 0.6 is 0 Å². The fourth-order valence-electron chi connectivity index (χ4n) is 0.612. The van der Waals surface area contributed by atoms with Crippen molar-refractivity contribution >= 4 is 17.8 Å². The molecule has 0 aromatic carbocycles. The second-order valence-corrected chi connectivity index (χ2v) is 2.00. The molecule has 0 fully saturated rings. The number of carboxylic acids is 1. The smallest absolute Gasteiger partial charge is 0.541 e. The molecule has 1 aromatic rings. The predicted octanol–water partition coefficient (Wildman–Crippen LogP) is -5.03. The number of hydrogen-bond donors (Lipinski definition) is 0. The minimum Gasteiger partial charge on any atom is -0.541 e. The third-order valence-electron chi connectivity index (χ3n) is 1.14. The summed E-state index contributed by atoms with van der Waals surface area (Å²) in [5.41, 5.74) is 0. The van der Waals surface area contributed by atoms with E-state index in [0.717, 1.165) is 6.08 Å². The van der Waals surface area contributed by atoms with Crippen LogP contribution in [0.15, 0.2) is 28.9 Å². The van der Waals surface area contributed by atoms with Crippen LogP contribution in [0.25, 0.3) is 6.08 Å². The molecule has 1 aromatic heterocycles. The first-order valence-corrected chi connectivity index (χ1v) is 3.17. The second-order valence-electron chi connectivity index (χ2n) is 2.00. The summed E-state index contributed by atoms with van der Waals surface area (Å²) in [5.74, 6) is -2.38. The third kappa shape index (κ3) is 7.06. The first-order valence-electron chi connectivity index (χ1n) is 3.17. The molecule has 0 bridgehead atoms. The molecule has 7 heteroatoms. The Morgan fingerprint density at radius 3 is 2.33 bits per heavy atom. The minimum absolute atomic E-state index is 0. The fraction of sp³-hybridized carbons (Fsp3) is 0. The van der Waals surface area contributed by atoms with Crippen LogP contribution in [0.5, 0.6) is 0 Å². The van der Waals surface area contributed by atoms with Crippen molar-refractivity contribution in [2.45, 2.75) is 0 Å². The van der Waals surface area contributed by atoms with E-state index in [0.29, 0.717) is 5.76 Å². The van der Waals surface area contributed by atoms with Crippen LogP contribution in [0.3, 0.4) is 0 Å². The van der Waals surface area contributed by atoms with E-state index in [9.17, 15) is 14.7 Å². The quantitative estimate of drug-likeness (QED) is 0.288. The number of carbonyl (C=O) groups is 2. The van der Waals surface area contributed by atoms with Gasteiger partial charge in [0.05, 0.1) is 6.26 Å². The van der Waals surface area contributed by atoms with Gasteiger partial charge in [-0.2, -0.15) is 0 Å². The normalized spacial score (nSPS) is 8.27. The number of hydrogen-bond acceptors (Lipinski definition) is 4. The SMILES string of the molecule is O.O.O=C([O-])C(=O)C=Cc1ccco1.[Na+]. The monoisotopic (exact) mass is 224 g/mol. The van der Waals surface area contributed by atoms with Gasteiger partial charge in [0.2, 0.25) is 5.78 Å².